The number of hydrogen-bond donors (Lipinski definition) is 1. The van der Waals surface area contributed by atoms with Gasteiger partial charge >= 0.3 is 0 Å². The Morgan fingerprint density at radius 3 is 2.60 bits per heavy atom. The van der Waals surface area contributed by atoms with Gasteiger partial charge in [-0.25, -0.2) is 0 Å². The van der Waals surface area contributed by atoms with Gasteiger partial charge in [0, 0.05) is 10.6 Å². The first-order valence-electron chi connectivity index (χ1n) is 4.75. The molecule has 0 aliphatic carbocycles. The Labute approximate surface area is 93.5 Å². The van der Waals surface area contributed by atoms with Crippen molar-refractivity contribution in [1.29, 1.82) is 0 Å². The Balaban J connectivity index is 2.25. The lowest BCUT2D eigenvalue weighted by molar-refractivity contribution is 0.527. The van der Waals surface area contributed by atoms with Gasteiger partial charge in [0.15, 0.2) is 0 Å². The van der Waals surface area contributed by atoms with E-state index in [1.54, 1.807) is 18.0 Å². The fourth-order valence-electron chi connectivity index (χ4n) is 1.29. The van der Waals surface area contributed by atoms with Gasteiger partial charge in [0.25, 0.3) is 0 Å². The normalized spacial score (nSPS) is 10.5. The van der Waals surface area contributed by atoms with Crippen LogP contribution in [-0.2, 0) is 0 Å². The molecule has 0 saturated heterocycles. The predicted octanol–water partition coefficient (Wildman–Crippen LogP) is 3.63. The summed E-state index contributed by atoms with van der Waals surface area (Å²) in [7, 11) is 0. The molecule has 0 aliphatic heterocycles. The number of benzene rings is 1. The highest BCUT2D eigenvalue weighted by Crippen LogP contribution is 2.32. The van der Waals surface area contributed by atoms with Crippen molar-refractivity contribution >= 4 is 17.4 Å². The number of rotatable bonds is 2. The number of hydrogen-bond acceptors (Lipinski definition) is 3. The molecule has 0 bridgehead atoms. The third kappa shape index (κ3) is 2.18. The van der Waals surface area contributed by atoms with Crippen LogP contribution in [0.4, 0.5) is 5.69 Å². The Hall–Kier alpha value is -1.35. The largest absolute Gasteiger partial charge is 0.468 e. The summed E-state index contributed by atoms with van der Waals surface area (Å²) in [6.45, 7) is 3.97. The Bertz CT molecular complexity index is 476. The molecule has 0 unspecified atom stereocenters. The maximum absolute atomic E-state index is 5.85. The number of furan rings is 1. The standard InChI is InChI=1S/C12H13NOS/c1-8-3-4-10(7-11(8)13)15-12-5-6-14-9(12)2/h3-7H,13H2,1-2H3. The fourth-order valence-corrected chi connectivity index (χ4v) is 2.18. The van der Waals surface area contributed by atoms with Gasteiger partial charge in [-0.2, -0.15) is 0 Å². The zero-order valence-electron chi connectivity index (χ0n) is 8.78. The lowest BCUT2D eigenvalue weighted by Gasteiger charge is -2.03. The summed E-state index contributed by atoms with van der Waals surface area (Å²) < 4.78 is 5.24. The average Bonchev–Trinajstić information content (AvgIpc) is 2.59. The van der Waals surface area contributed by atoms with E-state index < -0.39 is 0 Å². The summed E-state index contributed by atoms with van der Waals surface area (Å²) >= 11 is 1.67. The maximum Gasteiger partial charge on any atom is 0.114 e. The molecule has 1 heterocycles. The van der Waals surface area contributed by atoms with Gasteiger partial charge in [-0.15, -0.1) is 0 Å². The van der Waals surface area contributed by atoms with Gasteiger partial charge in [0.1, 0.15) is 5.76 Å². The number of anilines is 1. The molecule has 2 rings (SSSR count). The first-order valence-corrected chi connectivity index (χ1v) is 5.56. The molecule has 2 aromatic rings. The molecule has 3 heteroatoms. The lowest BCUT2D eigenvalue weighted by atomic mass is 10.2. The van der Waals surface area contributed by atoms with Gasteiger partial charge in [0.05, 0.1) is 11.2 Å². The molecule has 2 nitrogen and oxygen atoms in total. The van der Waals surface area contributed by atoms with Crippen LogP contribution in [0, 0.1) is 13.8 Å². The molecule has 0 aliphatic rings. The second kappa shape index (κ2) is 4.03. The van der Waals surface area contributed by atoms with Crippen LogP contribution in [0.15, 0.2) is 44.7 Å². The summed E-state index contributed by atoms with van der Waals surface area (Å²) in [4.78, 5) is 2.28. The minimum atomic E-state index is 0.834. The van der Waals surface area contributed by atoms with Gasteiger partial charge in [0.2, 0.25) is 0 Å². The molecule has 0 radical (unpaired) electrons. The van der Waals surface area contributed by atoms with E-state index in [2.05, 4.69) is 6.07 Å². The van der Waals surface area contributed by atoms with Crippen molar-refractivity contribution in [3.8, 4) is 0 Å². The molecule has 0 saturated carbocycles. The summed E-state index contributed by atoms with van der Waals surface area (Å²) in [6.07, 6.45) is 1.70. The molecule has 1 aromatic heterocycles. The monoisotopic (exact) mass is 219 g/mol. The van der Waals surface area contributed by atoms with Crippen LogP contribution >= 0.6 is 11.8 Å². The molecule has 0 amide bonds. The van der Waals surface area contributed by atoms with Crippen molar-refractivity contribution in [2.75, 3.05) is 5.73 Å². The third-order valence-corrected chi connectivity index (χ3v) is 3.42. The first kappa shape index (κ1) is 10.2. The number of nitrogens with two attached hydrogens (primary N) is 1. The second-order valence-corrected chi connectivity index (χ2v) is 4.58. The van der Waals surface area contributed by atoms with Gasteiger partial charge in [-0.1, -0.05) is 17.8 Å². The Kier molecular flexibility index (Phi) is 2.73. The minimum Gasteiger partial charge on any atom is -0.468 e. The number of nitrogen functional groups attached to an aromatic ring is 1. The fraction of sp³-hybridized carbons (Fsp3) is 0.167. The summed E-state index contributed by atoms with van der Waals surface area (Å²) in [5.41, 5.74) is 7.80. The van der Waals surface area contributed by atoms with E-state index in [-0.39, 0.29) is 0 Å². The molecular weight excluding hydrogens is 206 g/mol. The second-order valence-electron chi connectivity index (χ2n) is 3.46. The third-order valence-electron chi connectivity index (χ3n) is 2.29. The van der Waals surface area contributed by atoms with Crippen molar-refractivity contribution in [2.24, 2.45) is 0 Å². The predicted molar refractivity (Wildman–Crippen MR) is 63.2 cm³/mol. The van der Waals surface area contributed by atoms with Crippen molar-refractivity contribution in [1.82, 2.24) is 0 Å². The van der Waals surface area contributed by atoms with E-state index in [1.165, 1.54) is 0 Å². The van der Waals surface area contributed by atoms with Crippen LogP contribution in [-0.4, -0.2) is 0 Å². The van der Waals surface area contributed by atoms with Crippen LogP contribution in [0.3, 0.4) is 0 Å². The smallest absolute Gasteiger partial charge is 0.114 e. The van der Waals surface area contributed by atoms with E-state index in [1.807, 2.05) is 32.0 Å². The maximum atomic E-state index is 5.85. The molecular formula is C12H13NOS. The minimum absolute atomic E-state index is 0.834. The van der Waals surface area contributed by atoms with Crippen molar-refractivity contribution in [2.45, 2.75) is 23.6 Å². The highest BCUT2D eigenvalue weighted by molar-refractivity contribution is 7.99. The highest BCUT2D eigenvalue weighted by Gasteiger charge is 2.04. The van der Waals surface area contributed by atoms with Gasteiger partial charge in [-0.3, -0.25) is 0 Å². The molecule has 0 fully saturated rings. The molecule has 1 aromatic carbocycles. The SMILES string of the molecule is Cc1ccc(Sc2ccoc2C)cc1N. The van der Waals surface area contributed by atoms with E-state index in [0.717, 1.165) is 26.8 Å². The van der Waals surface area contributed by atoms with E-state index in [0.29, 0.717) is 0 Å². The molecule has 15 heavy (non-hydrogen) atoms. The summed E-state index contributed by atoms with van der Waals surface area (Å²) in [6, 6.07) is 8.07. The molecule has 0 spiro atoms. The molecule has 2 N–H and O–H groups in total. The van der Waals surface area contributed by atoms with E-state index >= 15 is 0 Å². The zero-order chi connectivity index (χ0) is 10.8. The van der Waals surface area contributed by atoms with E-state index in [4.69, 9.17) is 10.2 Å². The van der Waals surface area contributed by atoms with Crippen molar-refractivity contribution in [3.63, 3.8) is 0 Å². The van der Waals surface area contributed by atoms with Gasteiger partial charge < -0.3 is 10.2 Å². The first-order chi connectivity index (χ1) is 7.16. The molecule has 0 atom stereocenters. The molecule has 78 valence electrons. The van der Waals surface area contributed by atoms with Crippen LogP contribution in [0.5, 0.6) is 0 Å². The lowest BCUT2D eigenvalue weighted by Crippen LogP contribution is -1.88. The van der Waals surface area contributed by atoms with Crippen LogP contribution in [0.25, 0.3) is 0 Å². The van der Waals surface area contributed by atoms with E-state index in [9.17, 15) is 0 Å². The van der Waals surface area contributed by atoms with Crippen molar-refractivity contribution < 1.29 is 4.42 Å². The van der Waals surface area contributed by atoms with Crippen molar-refractivity contribution in [3.05, 3.63) is 41.9 Å². The average molecular weight is 219 g/mol. The Morgan fingerprint density at radius 2 is 2.00 bits per heavy atom. The van der Waals surface area contributed by atoms with Crippen LogP contribution in [0.2, 0.25) is 0 Å². The Morgan fingerprint density at radius 1 is 1.20 bits per heavy atom. The zero-order valence-corrected chi connectivity index (χ0v) is 9.60. The van der Waals surface area contributed by atoms with Gasteiger partial charge in [-0.05, 0) is 37.6 Å². The topological polar surface area (TPSA) is 39.2 Å². The van der Waals surface area contributed by atoms with Crippen LogP contribution < -0.4 is 5.73 Å². The number of aryl methyl sites for hydroxylation is 2. The van der Waals surface area contributed by atoms with Crippen LogP contribution in [0.1, 0.15) is 11.3 Å². The highest BCUT2D eigenvalue weighted by atomic mass is 32.2. The summed E-state index contributed by atoms with van der Waals surface area (Å²) in [5.74, 6) is 0.944. The quantitative estimate of drug-likeness (QED) is 0.784. The summed E-state index contributed by atoms with van der Waals surface area (Å²) in [5, 5.41) is 0.